The maximum atomic E-state index is 6.68. The Labute approximate surface area is 182 Å². The maximum absolute atomic E-state index is 6.68. The maximum Gasteiger partial charge on any atom is 0.148 e. The number of hydrogen-bond acceptors (Lipinski definition) is 3. The molecule has 6 heteroatoms. The zero-order valence-electron chi connectivity index (χ0n) is 15.9. The van der Waals surface area contributed by atoms with Crippen LogP contribution >= 0.6 is 34.8 Å². The lowest BCUT2D eigenvalue weighted by molar-refractivity contribution is -0.0213. The van der Waals surface area contributed by atoms with Crippen molar-refractivity contribution in [2.45, 2.75) is 38.8 Å². The van der Waals surface area contributed by atoms with E-state index in [0.717, 1.165) is 35.8 Å². The fraction of sp³-hybridized carbons (Fsp3) is 0.364. The van der Waals surface area contributed by atoms with Crippen LogP contribution in [0.3, 0.4) is 0 Å². The molecule has 1 unspecified atom stereocenters. The van der Waals surface area contributed by atoms with Crippen molar-refractivity contribution in [1.82, 2.24) is 10.0 Å². The highest BCUT2D eigenvalue weighted by Gasteiger charge is 2.38. The molecule has 0 N–H and O–H groups in total. The van der Waals surface area contributed by atoms with Crippen LogP contribution in [0.4, 0.5) is 5.69 Å². The van der Waals surface area contributed by atoms with Crippen molar-refractivity contribution >= 4 is 40.5 Å². The van der Waals surface area contributed by atoms with Gasteiger partial charge < -0.3 is 4.90 Å². The Balaban J connectivity index is 1.81. The van der Waals surface area contributed by atoms with Gasteiger partial charge in [-0.25, -0.2) is 5.01 Å². The molecule has 1 atom stereocenters. The summed E-state index contributed by atoms with van der Waals surface area (Å²) in [7, 11) is 0. The molecule has 3 nitrogen and oxygen atoms in total. The van der Waals surface area contributed by atoms with Crippen LogP contribution in [0.25, 0.3) is 0 Å². The summed E-state index contributed by atoms with van der Waals surface area (Å²) in [5, 5.41) is 6.88. The number of hydrogen-bond donors (Lipinski definition) is 0. The number of allylic oxidation sites excluding steroid dienone is 1. The predicted molar refractivity (Wildman–Crippen MR) is 119 cm³/mol. The highest BCUT2D eigenvalue weighted by molar-refractivity contribution is 6.35. The summed E-state index contributed by atoms with van der Waals surface area (Å²) in [6, 6.07) is 13.8. The van der Waals surface area contributed by atoms with Crippen molar-refractivity contribution in [3.8, 4) is 0 Å². The van der Waals surface area contributed by atoms with Gasteiger partial charge in [0.15, 0.2) is 0 Å². The largest absolute Gasteiger partial charge is 0.317 e. The number of halogens is 3. The minimum Gasteiger partial charge on any atom is -0.317 e. The standard InChI is InChI=1S/C22H24Cl3N3/c1-2-18-15-27(26-12-4-3-5-13-26)22(20-11-8-17(24)14-21(20)25)28(18)19-9-6-16(23)7-10-19/h6-11,14-15,22H,2-5,12-13H2,1H3. The zero-order chi connectivity index (χ0) is 19.7. The van der Waals surface area contributed by atoms with Gasteiger partial charge in [0.2, 0.25) is 0 Å². The van der Waals surface area contributed by atoms with Crippen molar-refractivity contribution in [2.24, 2.45) is 0 Å². The fourth-order valence-corrected chi connectivity index (χ4v) is 4.70. The van der Waals surface area contributed by atoms with Crippen molar-refractivity contribution in [3.05, 3.63) is 75.0 Å². The van der Waals surface area contributed by atoms with Crippen molar-refractivity contribution in [2.75, 3.05) is 18.0 Å². The Bertz CT molecular complexity index is 860. The monoisotopic (exact) mass is 435 g/mol. The molecule has 2 aliphatic heterocycles. The summed E-state index contributed by atoms with van der Waals surface area (Å²) >= 11 is 19.0. The number of nitrogens with zero attached hydrogens (tertiary/aromatic N) is 3. The van der Waals surface area contributed by atoms with Crippen LogP contribution in [0.2, 0.25) is 15.1 Å². The molecule has 4 rings (SSSR count). The molecule has 148 valence electrons. The molecule has 0 spiro atoms. The van der Waals surface area contributed by atoms with Gasteiger partial charge in [-0.2, -0.15) is 0 Å². The van der Waals surface area contributed by atoms with E-state index in [1.807, 2.05) is 30.3 Å². The quantitative estimate of drug-likeness (QED) is 0.505. The molecule has 0 aliphatic carbocycles. The first kappa shape index (κ1) is 19.9. The van der Waals surface area contributed by atoms with Gasteiger partial charge >= 0.3 is 0 Å². The molecule has 2 aromatic carbocycles. The Morgan fingerprint density at radius 1 is 0.893 bits per heavy atom. The number of anilines is 1. The first-order valence-corrected chi connectivity index (χ1v) is 11.0. The molecule has 1 saturated heterocycles. The Kier molecular flexibility index (Phi) is 6.07. The van der Waals surface area contributed by atoms with Crippen LogP contribution < -0.4 is 4.90 Å². The molecule has 0 radical (unpaired) electrons. The molecular weight excluding hydrogens is 413 g/mol. The summed E-state index contributed by atoms with van der Waals surface area (Å²) in [4.78, 5) is 2.36. The third kappa shape index (κ3) is 3.86. The number of rotatable bonds is 4. The number of piperidine rings is 1. The molecule has 1 fully saturated rings. The normalized spacial score (nSPS) is 20.6. The van der Waals surface area contributed by atoms with Gasteiger partial charge in [0, 0.05) is 51.3 Å². The Hall–Kier alpha value is -1.39. The first-order chi connectivity index (χ1) is 13.6. The fourth-order valence-electron chi connectivity index (χ4n) is 4.07. The minimum absolute atomic E-state index is 0.0426. The average molecular weight is 437 g/mol. The molecule has 2 heterocycles. The molecule has 0 amide bonds. The third-order valence-electron chi connectivity index (χ3n) is 5.45. The van der Waals surface area contributed by atoms with E-state index >= 15 is 0 Å². The van der Waals surface area contributed by atoms with E-state index in [1.165, 1.54) is 25.0 Å². The molecule has 2 aliphatic rings. The number of hydrazine groups is 1. The van der Waals surface area contributed by atoms with Crippen LogP contribution in [0, 0.1) is 0 Å². The lowest BCUT2D eigenvalue weighted by atomic mass is 10.1. The summed E-state index contributed by atoms with van der Waals surface area (Å²) in [5.41, 5.74) is 3.41. The van der Waals surface area contributed by atoms with E-state index in [-0.39, 0.29) is 6.17 Å². The Morgan fingerprint density at radius 2 is 1.57 bits per heavy atom. The highest BCUT2D eigenvalue weighted by Crippen LogP contribution is 2.44. The van der Waals surface area contributed by atoms with E-state index in [0.29, 0.717) is 10.0 Å². The average Bonchev–Trinajstić information content (AvgIpc) is 3.09. The molecule has 0 bridgehead atoms. The molecule has 28 heavy (non-hydrogen) atoms. The van der Waals surface area contributed by atoms with Gasteiger partial charge in [-0.05, 0) is 55.7 Å². The summed E-state index contributed by atoms with van der Waals surface area (Å²) in [6.07, 6.45) is 6.88. The predicted octanol–water partition coefficient (Wildman–Crippen LogP) is 7.12. The zero-order valence-corrected chi connectivity index (χ0v) is 18.2. The van der Waals surface area contributed by atoms with Crippen molar-refractivity contribution in [3.63, 3.8) is 0 Å². The van der Waals surface area contributed by atoms with Gasteiger partial charge in [0.05, 0.1) is 0 Å². The molecule has 0 saturated carbocycles. The molecule has 2 aromatic rings. The van der Waals surface area contributed by atoms with Gasteiger partial charge in [0.1, 0.15) is 6.17 Å². The van der Waals surface area contributed by atoms with Crippen molar-refractivity contribution in [1.29, 1.82) is 0 Å². The highest BCUT2D eigenvalue weighted by atomic mass is 35.5. The van der Waals surface area contributed by atoms with Crippen LogP contribution in [-0.4, -0.2) is 23.1 Å². The first-order valence-electron chi connectivity index (χ1n) is 9.82. The second kappa shape index (κ2) is 8.54. The van der Waals surface area contributed by atoms with E-state index < -0.39 is 0 Å². The lowest BCUT2D eigenvalue weighted by Crippen LogP contribution is -2.46. The van der Waals surface area contributed by atoms with Crippen LogP contribution in [0.1, 0.15) is 44.3 Å². The van der Waals surface area contributed by atoms with E-state index in [4.69, 9.17) is 34.8 Å². The van der Waals surface area contributed by atoms with Gasteiger partial charge in [-0.15, -0.1) is 0 Å². The van der Waals surface area contributed by atoms with Crippen molar-refractivity contribution < 1.29 is 0 Å². The van der Waals surface area contributed by atoms with Crippen LogP contribution in [0.5, 0.6) is 0 Å². The van der Waals surface area contributed by atoms with Gasteiger partial charge in [-0.3, -0.25) is 5.01 Å². The second-order valence-corrected chi connectivity index (χ2v) is 8.53. The third-order valence-corrected chi connectivity index (χ3v) is 6.27. The van der Waals surface area contributed by atoms with Gasteiger partial charge in [-0.1, -0.05) is 54.2 Å². The van der Waals surface area contributed by atoms with Crippen LogP contribution in [-0.2, 0) is 0 Å². The number of benzene rings is 2. The second-order valence-electron chi connectivity index (χ2n) is 7.25. The SMILES string of the molecule is CCC1=CN(N2CCCCC2)C(c2ccc(Cl)cc2Cl)N1c1ccc(Cl)cc1. The minimum atomic E-state index is -0.0426. The molecular formula is C22H24Cl3N3. The summed E-state index contributed by atoms with van der Waals surface area (Å²) in [6.45, 7) is 4.31. The summed E-state index contributed by atoms with van der Waals surface area (Å²) in [5.74, 6) is 0. The van der Waals surface area contributed by atoms with Crippen LogP contribution in [0.15, 0.2) is 54.4 Å². The van der Waals surface area contributed by atoms with Gasteiger partial charge in [0.25, 0.3) is 0 Å². The van der Waals surface area contributed by atoms with E-state index in [9.17, 15) is 0 Å². The van der Waals surface area contributed by atoms with E-state index in [2.05, 4.69) is 40.2 Å². The lowest BCUT2D eigenvalue weighted by Gasteiger charge is -2.42. The smallest absolute Gasteiger partial charge is 0.148 e. The van der Waals surface area contributed by atoms with E-state index in [1.54, 1.807) is 0 Å². The summed E-state index contributed by atoms with van der Waals surface area (Å²) < 4.78 is 0. The Morgan fingerprint density at radius 3 is 2.21 bits per heavy atom. The molecule has 0 aromatic heterocycles. The topological polar surface area (TPSA) is 9.72 Å².